The van der Waals surface area contributed by atoms with Crippen molar-refractivity contribution in [3.63, 3.8) is 0 Å². The summed E-state index contributed by atoms with van der Waals surface area (Å²) in [7, 11) is 0. The van der Waals surface area contributed by atoms with Crippen LogP contribution in [0.2, 0.25) is 0 Å². The molecule has 2 aliphatic rings. The van der Waals surface area contributed by atoms with Gasteiger partial charge in [0.05, 0.1) is 6.61 Å². The van der Waals surface area contributed by atoms with Crippen molar-refractivity contribution in [3.05, 3.63) is 0 Å². The van der Waals surface area contributed by atoms with E-state index in [9.17, 15) is 0 Å². The topological polar surface area (TPSA) is 24.5 Å². The number of nitrogens with zero attached hydrogens (tertiary/aromatic N) is 1. The number of hydrogen-bond donors (Lipinski definition) is 1. The predicted molar refractivity (Wildman–Crippen MR) is 66.7 cm³/mol. The summed E-state index contributed by atoms with van der Waals surface area (Å²) >= 11 is 0. The largest absolute Gasteiger partial charge is 0.381 e. The highest BCUT2D eigenvalue weighted by Crippen LogP contribution is 2.16. The van der Waals surface area contributed by atoms with Crippen LogP contribution >= 0.6 is 0 Å². The molecule has 0 amide bonds. The van der Waals surface area contributed by atoms with E-state index in [-0.39, 0.29) is 0 Å². The lowest BCUT2D eigenvalue weighted by atomic mass is 10.1. The van der Waals surface area contributed by atoms with Crippen LogP contribution in [0.1, 0.15) is 33.1 Å². The van der Waals surface area contributed by atoms with Gasteiger partial charge >= 0.3 is 0 Å². The Hall–Kier alpha value is -0.120. The molecule has 0 aromatic rings. The summed E-state index contributed by atoms with van der Waals surface area (Å²) in [5, 5.41) is 3.64. The Balaban J connectivity index is 1.78. The Kier molecular flexibility index (Phi) is 4.62. The highest BCUT2D eigenvalue weighted by Gasteiger charge is 2.21. The minimum atomic E-state index is 0.664. The molecule has 2 rings (SSSR count). The van der Waals surface area contributed by atoms with Crippen molar-refractivity contribution in [2.45, 2.75) is 45.2 Å². The quantitative estimate of drug-likeness (QED) is 0.772. The van der Waals surface area contributed by atoms with Gasteiger partial charge in [-0.3, -0.25) is 0 Å². The first-order valence-corrected chi connectivity index (χ1v) is 6.80. The SMILES string of the molecule is CC1CCN(CC2CCOC2)CCC(C)N1. The molecule has 0 saturated carbocycles. The van der Waals surface area contributed by atoms with E-state index in [2.05, 4.69) is 24.1 Å². The van der Waals surface area contributed by atoms with Gasteiger partial charge in [-0.25, -0.2) is 0 Å². The fourth-order valence-corrected chi connectivity index (χ4v) is 2.79. The molecule has 0 spiro atoms. The van der Waals surface area contributed by atoms with Crippen LogP contribution in [0.5, 0.6) is 0 Å². The van der Waals surface area contributed by atoms with Gasteiger partial charge in [0.1, 0.15) is 0 Å². The van der Waals surface area contributed by atoms with E-state index in [1.54, 1.807) is 0 Å². The molecule has 0 bridgehead atoms. The molecule has 16 heavy (non-hydrogen) atoms. The van der Waals surface area contributed by atoms with Gasteiger partial charge in [0.25, 0.3) is 0 Å². The van der Waals surface area contributed by atoms with Gasteiger partial charge in [-0.15, -0.1) is 0 Å². The summed E-state index contributed by atoms with van der Waals surface area (Å²) in [6.07, 6.45) is 3.82. The van der Waals surface area contributed by atoms with Gasteiger partial charge < -0.3 is 15.0 Å². The van der Waals surface area contributed by atoms with Crippen molar-refractivity contribution in [3.8, 4) is 0 Å². The Labute approximate surface area is 99.5 Å². The van der Waals surface area contributed by atoms with E-state index in [0.717, 1.165) is 19.1 Å². The zero-order chi connectivity index (χ0) is 11.4. The summed E-state index contributed by atoms with van der Waals surface area (Å²) in [5.74, 6) is 0.790. The lowest BCUT2D eigenvalue weighted by Crippen LogP contribution is -2.44. The van der Waals surface area contributed by atoms with E-state index in [1.807, 2.05) is 0 Å². The third-order valence-corrected chi connectivity index (χ3v) is 3.87. The lowest BCUT2D eigenvalue weighted by Gasteiger charge is -2.32. The van der Waals surface area contributed by atoms with E-state index >= 15 is 0 Å². The van der Waals surface area contributed by atoms with Crippen LogP contribution in [0.4, 0.5) is 0 Å². The molecule has 2 fully saturated rings. The molecule has 2 heterocycles. The van der Waals surface area contributed by atoms with Gasteiger partial charge in [-0.1, -0.05) is 0 Å². The molecule has 0 aliphatic carbocycles. The minimum absolute atomic E-state index is 0.664. The molecule has 0 radical (unpaired) electrons. The second-order valence-electron chi connectivity index (χ2n) is 5.58. The van der Waals surface area contributed by atoms with E-state index in [4.69, 9.17) is 4.74 Å². The summed E-state index contributed by atoms with van der Waals surface area (Å²) in [6.45, 7) is 10.3. The van der Waals surface area contributed by atoms with Gasteiger partial charge in [0.15, 0.2) is 0 Å². The fourth-order valence-electron chi connectivity index (χ4n) is 2.79. The van der Waals surface area contributed by atoms with Gasteiger partial charge in [0, 0.05) is 25.2 Å². The van der Waals surface area contributed by atoms with Gasteiger partial charge in [-0.05, 0) is 52.1 Å². The molecule has 2 aliphatic heterocycles. The Morgan fingerprint density at radius 1 is 1.12 bits per heavy atom. The van der Waals surface area contributed by atoms with Gasteiger partial charge in [-0.2, -0.15) is 0 Å². The fraction of sp³-hybridized carbons (Fsp3) is 1.00. The average Bonchev–Trinajstić information content (AvgIpc) is 2.73. The first kappa shape index (κ1) is 12.3. The molecule has 3 heteroatoms. The number of nitrogens with one attached hydrogen (secondary N) is 1. The molecule has 0 aromatic carbocycles. The maximum atomic E-state index is 5.46. The molecular formula is C13H26N2O. The summed E-state index contributed by atoms with van der Waals surface area (Å²) in [6, 6.07) is 1.33. The third kappa shape index (κ3) is 3.72. The standard InChI is InChI=1S/C13H26N2O/c1-11-3-6-15(7-4-12(2)14-11)9-13-5-8-16-10-13/h11-14H,3-10H2,1-2H3. The molecule has 1 N–H and O–H groups in total. The number of hydrogen-bond acceptors (Lipinski definition) is 3. The maximum Gasteiger partial charge on any atom is 0.0507 e. The zero-order valence-corrected chi connectivity index (χ0v) is 10.7. The highest BCUT2D eigenvalue weighted by molar-refractivity contribution is 4.77. The highest BCUT2D eigenvalue weighted by atomic mass is 16.5. The normalized spacial score (nSPS) is 38.2. The molecule has 3 nitrogen and oxygen atoms in total. The van der Waals surface area contributed by atoms with Crippen LogP contribution in [0.15, 0.2) is 0 Å². The van der Waals surface area contributed by atoms with E-state index in [0.29, 0.717) is 12.1 Å². The maximum absolute atomic E-state index is 5.46. The first-order valence-electron chi connectivity index (χ1n) is 6.80. The summed E-state index contributed by atoms with van der Waals surface area (Å²) in [4.78, 5) is 2.65. The molecule has 2 saturated heterocycles. The van der Waals surface area contributed by atoms with Gasteiger partial charge in [0.2, 0.25) is 0 Å². The van der Waals surface area contributed by atoms with Crippen LogP contribution in [0, 0.1) is 5.92 Å². The average molecular weight is 226 g/mol. The van der Waals surface area contributed by atoms with Crippen molar-refractivity contribution in [1.29, 1.82) is 0 Å². The molecule has 94 valence electrons. The second kappa shape index (κ2) is 5.99. The van der Waals surface area contributed by atoms with Crippen molar-refractivity contribution < 1.29 is 4.74 Å². The van der Waals surface area contributed by atoms with Crippen molar-refractivity contribution in [1.82, 2.24) is 10.2 Å². The van der Waals surface area contributed by atoms with Crippen LogP contribution < -0.4 is 5.32 Å². The first-order chi connectivity index (χ1) is 7.74. The van der Waals surface area contributed by atoms with Crippen molar-refractivity contribution in [2.75, 3.05) is 32.8 Å². The van der Waals surface area contributed by atoms with E-state index in [1.165, 1.54) is 38.9 Å². The zero-order valence-electron chi connectivity index (χ0n) is 10.7. The molecule has 3 unspecified atom stereocenters. The summed E-state index contributed by atoms with van der Waals surface area (Å²) in [5.41, 5.74) is 0. The third-order valence-electron chi connectivity index (χ3n) is 3.87. The van der Waals surface area contributed by atoms with Crippen molar-refractivity contribution in [2.24, 2.45) is 5.92 Å². The van der Waals surface area contributed by atoms with Crippen LogP contribution in [-0.4, -0.2) is 49.8 Å². The molecular weight excluding hydrogens is 200 g/mol. The monoisotopic (exact) mass is 226 g/mol. The minimum Gasteiger partial charge on any atom is -0.381 e. The van der Waals surface area contributed by atoms with Crippen LogP contribution in [0.3, 0.4) is 0 Å². The van der Waals surface area contributed by atoms with E-state index < -0.39 is 0 Å². The van der Waals surface area contributed by atoms with Crippen LogP contribution in [0.25, 0.3) is 0 Å². The van der Waals surface area contributed by atoms with Crippen LogP contribution in [-0.2, 0) is 4.74 Å². The molecule has 3 atom stereocenters. The second-order valence-corrected chi connectivity index (χ2v) is 5.58. The number of ether oxygens (including phenoxy) is 1. The summed E-state index contributed by atoms with van der Waals surface area (Å²) < 4.78 is 5.46. The molecule has 0 aromatic heterocycles. The number of rotatable bonds is 2. The van der Waals surface area contributed by atoms with Crippen molar-refractivity contribution >= 4 is 0 Å². The Morgan fingerprint density at radius 3 is 2.38 bits per heavy atom. The Morgan fingerprint density at radius 2 is 1.81 bits per heavy atom. The Bertz CT molecular complexity index is 192. The predicted octanol–water partition coefficient (Wildman–Crippen LogP) is 1.49. The smallest absolute Gasteiger partial charge is 0.0507 e. The lowest BCUT2D eigenvalue weighted by molar-refractivity contribution is 0.156.